The van der Waals surface area contributed by atoms with E-state index in [1.54, 1.807) is 0 Å². The molecule has 1 fully saturated rings. The molecule has 0 spiro atoms. The van der Waals surface area contributed by atoms with Gasteiger partial charge < -0.3 is 0 Å². The van der Waals surface area contributed by atoms with Crippen molar-refractivity contribution in [2.45, 2.75) is 0 Å². The molecule has 0 amide bonds. The Hall–Kier alpha value is -0.140. The average Bonchev–Trinajstić information content (AvgIpc) is 1.83. The minimum absolute atomic E-state index is 0.0555. The number of sulfonamides is 1. The van der Waals surface area contributed by atoms with Crippen LogP contribution in [-0.4, -0.2) is 52.0 Å². The van der Waals surface area contributed by atoms with E-state index in [4.69, 9.17) is 0 Å². The number of hydrogen-bond acceptors (Lipinski definition) is 4. The van der Waals surface area contributed by atoms with Crippen molar-refractivity contribution in [3.8, 4) is 0 Å². The van der Waals surface area contributed by atoms with E-state index in [9.17, 15) is 16.8 Å². The van der Waals surface area contributed by atoms with Crippen LogP contribution < -0.4 is 0 Å². The van der Waals surface area contributed by atoms with E-state index in [2.05, 4.69) is 0 Å². The average molecular weight is 213 g/mol. The quantitative estimate of drug-likeness (QED) is 0.541. The van der Waals surface area contributed by atoms with Gasteiger partial charge in [0.15, 0.2) is 9.84 Å². The molecule has 5 nitrogen and oxygen atoms in total. The predicted octanol–water partition coefficient (Wildman–Crippen LogP) is -1.32. The molecule has 1 rings (SSSR count). The highest BCUT2D eigenvalue weighted by Gasteiger charge is 2.26. The number of hydrogen-bond donors (Lipinski definition) is 0. The van der Waals surface area contributed by atoms with Crippen LogP contribution in [-0.2, 0) is 19.9 Å². The van der Waals surface area contributed by atoms with Crippen LogP contribution in [0, 0.1) is 0 Å². The van der Waals surface area contributed by atoms with Crippen molar-refractivity contribution in [3.63, 3.8) is 0 Å². The molecule has 0 radical (unpaired) electrons. The summed E-state index contributed by atoms with van der Waals surface area (Å²) in [7, 11) is -6.19. The van der Waals surface area contributed by atoms with Crippen LogP contribution in [0.5, 0.6) is 0 Å². The Morgan fingerprint density at radius 2 is 1.58 bits per heavy atom. The molecular weight excluding hydrogens is 202 g/mol. The zero-order valence-corrected chi connectivity index (χ0v) is 8.36. The van der Waals surface area contributed by atoms with Crippen molar-refractivity contribution in [2.24, 2.45) is 0 Å². The fraction of sp³-hybridized carbons (Fsp3) is 1.00. The molecule has 0 N–H and O–H groups in total. The second kappa shape index (κ2) is 2.97. The van der Waals surface area contributed by atoms with Gasteiger partial charge in [-0.15, -0.1) is 0 Å². The Balaban J connectivity index is 2.71. The van der Waals surface area contributed by atoms with Gasteiger partial charge in [0, 0.05) is 13.1 Å². The molecule has 0 aromatic carbocycles. The van der Waals surface area contributed by atoms with Gasteiger partial charge in [-0.1, -0.05) is 0 Å². The van der Waals surface area contributed by atoms with Crippen molar-refractivity contribution < 1.29 is 16.8 Å². The molecule has 1 saturated heterocycles. The summed E-state index contributed by atoms with van der Waals surface area (Å²) in [5, 5.41) is 0. The van der Waals surface area contributed by atoms with Gasteiger partial charge in [-0.25, -0.2) is 21.1 Å². The minimum atomic E-state index is -3.21. The van der Waals surface area contributed by atoms with Crippen LogP contribution in [0.4, 0.5) is 0 Å². The summed E-state index contributed by atoms with van der Waals surface area (Å²) in [6.45, 7) is 0.197. The lowest BCUT2D eigenvalue weighted by Gasteiger charge is -2.23. The number of nitrogens with zero attached hydrogens (tertiary/aromatic N) is 1. The third-order valence-corrected chi connectivity index (χ3v) is 4.68. The molecule has 0 aromatic rings. The summed E-state index contributed by atoms with van der Waals surface area (Å²) in [6, 6.07) is 0. The van der Waals surface area contributed by atoms with E-state index in [0.29, 0.717) is 0 Å². The Morgan fingerprint density at radius 3 is 1.92 bits per heavy atom. The van der Waals surface area contributed by atoms with E-state index >= 15 is 0 Å². The first kappa shape index (κ1) is 9.94. The summed E-state index contributed by atoms with van der Waals surface area (Å²) in [5.41, 5.74) is 0. The molecular formula is C5H11NO4S2. The van der Waals surface area contributed by atoms with Gasteiger partial charge in [-0.3, -0.25) is 0 Å². The third kappa shape index (κ3) is 2.43. The molecule has 0 aliphatic carbocycles. The van der Waals surface area contributed by atoms with Crippen LogP contribution in [0.1, 0.15) is 0 Å². The molecule has 0 aromatic heterocycles. The van der Waals surface area contributed by atoms with E-state index in [0.717, 1.165) is 6.26 Å². The smallest absolute Gasteiger partial charge is 0.211 e. The fourth-order valence-corrected chi connectivity index (χ4v) is 3.31. The second-order valence-corrected chi connectivity index (χ2v) is 7.10. The monoisotopic (exact) mass is 213 g/mol. The van der Waals surface area contributed by atoms with E-state index in [1.807, 2.05) is 0 Å². The minimum Gasteiger partial charge on any atom is -0.229 e. The summed E-state index contributed by atoms with van der Waals surface area (Å²) < 4.78 is 44.8. The van der Waals surface area contributed by atoms with E-state index in [1.165, 1.54) is 4.31 Å². The topological polar surface area (TPSA) is 71.5 Å². The summed E-state index contributed by atoms with van der Waals surface area (Å²) in [6.07, 6.45) is 1.09. The number of sulfone groups is 1. The first-order chi connectivity index (χ1) is 5.31. The Labute approximate surface area is 72.3 Å². The zero-order chi connectivity index (χ0) is 9.41. The van der Waals surface area contributed by atoms with Gasteiger partial charge >= 0.3 is 0 Å². The van der Waals surface area contributed by atoms with Crippen molar-refractivity contribution in [2.75, 3.05) is 30.9 Å². The molecule has 72 valence electrons. The lowest BCUT2D eigenvalue weighted by Crippen LogP contribution is -2.43. The Morgan fingerprint density at radius 1 is 1.17 bits per heavy atom. The van der Waals surface area contributed by atoms with Crippen LogP contribution in [0.2, 0.25) is 0 Å². The van der Waals surface area contributed by atoms with Crippen molar-refractivity contribution >= 4 is 19.9 Å². The maximum absolute atomic E-state index is 10.9. The molecule has 0 saturated carbocycles. The Bertz CT molecular complexity index is 341. The lowest BCUT2D eigenvalue weighted by molar-refractivity contribution is 0.435. The first-order valence-corrected chi connectivity index (χ1v) is 7.14. The van der Waals surface area contributed by atoms with Gasteiger partial charge in [0.05, 0.1) is 17.8 Å². The van der Waals surface area contributed by atoms with Crippen molar-refractivity contribution in [1.29, 1.82) is 0 Å². The molecule has 0 bridgehead atoms. The SMILES string of the molecule is CS(=O)(=O)N1CCS(=O)(=O)CC1. The summed E-state index contributed by atoms with van der Waals surface area (Å²) >= 11 is 0. The highest BCUT2D eigenvalue weighted by molar-refractivity contribution is 7.92. The number of rotatable bonds is 1. The highest BCUT2D eigenvalue weighted by Crippen LogP contribution is 2.06. The highest BCUT2D eigenvalue weighted by atomic mass is 32.2. The summed E-state index contributed by atoms with van der Waals surface area (Å²) in [5.74, 6) is -0.111. The second-order valence-electron chi connectivity index (χ2n) is 2.81. The molecule has 1 aliphatic rings. The van der Waals surface area contributed by atoms with Crippen LogP contribution in [0.15, 0.2) is 0 Å². The standard InChI is InChI=1S/C5H11NO4S2/c1-11(7,8)6-2-4-12(9,10)5-3-6/h2-5H2,1H3. The van der Waals surface area contributed by atoms with E-state index in [-0.39, 0.29) is 24.6 Å². The predicted molar refractivity (Wildman–Crippen MR) is 45.1 cm³/mol. The third-order valence-electron chi connectivity index (χ3n) is 1.77. The van der Waals surface area contributed by atoms with E-state index < -0.39 is 19.9 Å². The van der Waals surface area contributed by atoms with Gasteiger partial charge in [-0.05, 0) is 0 Å². The van der Waals surface area contributed by atoms with Crippen LogP contribution in [0.25, 0.3) is 0 Å². The van der Waals surface area contributed by atoms with Gasteiger partial charge in [0.1, 0.15) is 0 Å². The van der Waals surface area contributed by atoms with Crippen LogP contribution >= 0.6 is 0 Å². The molecule has 7 heteroatoms. The zero-order valence-electron chi connectivity index (χ0n) is 6.73. The molecule has 1 heterocycles. The van der Waals surface area contributed by atoms with Gasteiger partial charge in [-0.2, -0.15) is 0 Å². The molecule has 0 unspecified atom stereocenters. The van der Waals surface area contributed by atoms with Crippen LogP contribution in [0.3, 0.4) is 0 Å². The van der Waals surface area contributed by atoms with Gasteiger partial charge in [0.25, 0.3) is 0 Å². The Kier molecular flexibility index (Phi) is 2.46. The van der Waals surface area contributed by atoms with Crippen molar-refractivity contribution in [1.82, 2.24) is 4.31 Å². The fourth-order valence-electron chi connectivity index (χ4n) is 1.03. The van der Waals surface area contributed by atoms with Gasteiger partial charge in [0.2, 0.25) is 10.0 Å². The maximum atomic E-state index is 10.9. The summed E-state index contributed by atoms with van der Waals surface area (Å²) in [4.78, 5) is 0. The maximum Gasteiger partial charge on any atom is 0.211 e. The lowest BCUT2D eigenvalue weighted by atomic mass is 10.6. The molecule has 1 aliphatic heterocycles. The largest absolute Gasteiger partial charge is 0.229 e. The normalized spacial score (nSPS) is 25.4. The molecule has 0 atom stereocenters. The molecule has 12 heavy (non-hydrogen) atoms. The van der Waals surface area contributed by atoms with Crippen molar-refractivity contribution in [3.05, 3.63) is 0 Å². The first-order valence-electron chi connectivity index (χ1n) is 3.47.